The predicted molar refractivity (Wildman–Crippen MR) is 78.2 cm³/mol. The van der Waals surface area contributed by atoms with Crippen LogP contribution in [0.2, 0.25) is 0 Å². The van der Waals surface area contributed by atoms with Crippen LogP contribution < -0.4 is 5.32 Å². The molecule has 1 rings (SSSR count). The van der Waals surface area contributed by atoms with Crippen LogP contribution in [0, 0.1) is 11.8 Å². The van der Waals surface area contributed by atoms with Crippen LogP contribution in [-0.4, -0.2) is 6.54 Å². The monoisotopic (exact) mass is 347 g/mol. The van der Waals surface area contributed by atoms with Crippen LogP contribution in [0.5, 0.6) is 0 Å². The Kier molecular flexibility index (Phi) is 6.57. The summed E-state index contributed by atoms with van der Waals surface area (Å²) in [5.74, 6) is 5.66. The highest BCUT2D eigenvalue weighted by Crippen LogP contribution is 2.37. The van der Waals surface area contributed by atoms with Gasteiger partial charge in [0.25, 0.3) is 0 Å². The minimum absolute atomic E-state index is 0.278. The highest BCUT2D eigenvalue weighted by Gasteiger charge is 2.35. The topological polar surface area (TPSA) is 12.0 Å². The van der Waals surface area contributed by atoms with Crippen LogP contribution in [0.4, 0.5) is 13.2 Å². The van der Waals surface area contributed by atoms with Crippen molar-refractivity contribution in [2.75, 3.05) is 6.54 Å². The van der Waals surface area contributed by atoms with Gasteiger partial charge >= 0.3 is 6.18 Å². The van der Waals surface area contributed by atoms with Crippen molar-refractivity contribution in [3.8, 4) is 11.8 Å². The Morgan fingerprint density at radius 1 is 1.35 bits per heavy atom. The normalized spacial score (nSPS) is 12.7. The minimum atomic E-state index is -4.36. The average molecular weight is 348 g/mol. The summed E-state index contributed by atoms with van der Waals surface area (Å²) in [5, 5.41) is 3.11. The molecule has 5 heteroatoms. The smallest absolute Gasteiger partial charge is 0.310 e. The first-order valence-electron chi connectivity index (χ1n) is 6.39. The lowest BCUT2D eigenvalue weighted by molar-refractivity contribution is -0.138. The van der Waals surface area contributed by atoms with Crippen LogP contribution in [0.25, 0.3) is 0 Å². The maximum absolute atomic E-state index is 13.1. The number of halogens is 4. The van der Waals surface area contributed by atoms with Crippen molar-refractivity contribution in [3.63, 3.8) is 0 Å². The molecule has 0 saturated heterocycles. The summed E-state index contributed by atoms with van der Waals surface area (Å²) in [6.07, 6.45) is -3.23. The summed E-state index contributed by atoms with van der Waals surface area (Å²) >= 11 is 3.10. The predicted octanol–water partition coefficient (Wildman–Crippen LogP) is 4.92. The fourth-order valence-corrected chi connectivity index (χ4v) is 2.39. The van der Waals surface area contributed by atoms with Gasteiger partial charge in [-0.3, -0.25) is 0 Å². The van der Waals surface area contributed by atoms with Crippen molar-refractivity contribution in [1.29, 1.82) is 0 Å². The molecule has 1 atom stereocenters. The van der Waals surface area contributed by atoms with Crippen LogP contribution >= 0.6 is 15.9 Å². The fourth-order valence-electron chi connectivity index (χ4n) is 2.03. The maximum atomic E-state index is 13.1. The van der Waals surface area contributed by atoms with Crippen LogP contribution in [0.1, 0.15) is 43.9 Å². The molecule has 0 fully saturated rings. The molecular formula is C15H17BrF3N. The molecule has 20 heavy (non-hydrogen) atoms. The Labute approximate surface area is 126 Å². The quantitative estimate of drug-likeness (QED) is 0.745. The van der Waals surface area contributed by atoms with Gasteiger partial charge in [0, 0.05) is 16.9 Å². The van der Waals surface area contributed by atoms with E-state index in [0.717, 1.165) is 6.07 Å². The largest absolute Gasteiger partial charge is 0.416 e. The minimum Gasteiger partial charge on any atom is -0.310 e. The van der Waals surface area contributed by atoms with E-state index in [0.29, 0.717) is 23.9 Å². The Balaban J connectivity index is 3.13. The second-order valence-corrected chi connectivity index (χ2v) is 5.22. The van der Waals surface area contributed by atoms with E-state index in [-0.39, 0.29) is 11.6 Å². The Bertz CT molecular complexity index is 500. The maximum Gasteiger partial charge on any atom is 0.416 e. The Morgan fingerprint density at radius 3 is 2.60 bits per heavy atom. The molecule has 1 unspecified atom stereocenters. The molecule has 0 aromatic heterocycles. The molecule has 1 nitrogen and oxygen atoms in total. The zero-order valence-electron chi connectivity index (χ0n) is 11.4. The molecule has 0 spiro atoms. The van der Waals surface area contributed by atoms with Crippen molar-refractivity contribution in [2.45, 2.75) is 38.9 Å². The summed E-state index contributed by atoms with van der Waals surface area (Å²) in [7, 11) is 0. The summed E-state index contributed by atoms with van der Waals surface area (Å²) in [5.41, 5.74) is -0.317. The number of nitrogens with one attached hydrogen (secondary N) is 1. The summed E-state index contributed by atoms with van der Waals surface area (Å²) in [4.78, 5) is 0. The molecule has 1 aromatic carbocycles. The van der Waals surface area contributed by atoms with Crippen molar-refractivity contribution in [2.24, 2.45) is 0 Å². The van der Waals surface area contributed by atoms with Gasteiger partial charge in [0.05, 0.1) is 5.56 Å². The third-order valence-corrected chi connectivity index (χ3v) is 3.37. The van der Waals surface area contributed by atoms with E-state index in [1.807, 2.05) is 6.92 Å². The molecule has 0 aliphatic heterocycles. The van der Waals surface area contributed by atoms with Gasteiger partial charge < -0.3 is 5.32 Å². The number of rotatable bonds is 5. The van der Waals surface area contributed by atoms with E-state index in [2.05, 4.69) is 33.1 Å². The second kappa shape index (κ2) is 7.70. The number of alkyl halides is 3. The van der Waals surface area contributed by atoms with Crippen molar-refractivity contribution in [3.05, 3.63) is 33.8 Å². The summed E-state index contributed by atoms with van der Waals surface area (Å²) in [6, 6.07) is 3.95. The Hall–Kier alpha value is -0.990. The molecule has 0 heterocycles. The highest BCUT2D eigenvalue weighted by atomic mass is 79.9. The molecule has 1 N–H and O–H groups in total. The van der Waals surface area contributed by atoms with E-state index < -0.39 is 11.7 Å². The number of hydrogen-bond donors (Lipinski definition) is 1. The number of benzene rings is 1. The molecule has 0 aliphatic carbocycles. The first-order valence-corrected chi connectivity index (χ1v) is 7.19. The summed E-state index contributed by atoms with van der Waals surface area (Å²) in [6.45, 7) is 4.21. The zero-order valence-corrected chi connectivity index (χ0v) is 13.0. The first kappa shape index (κ1) is 17.1. The molecule has 110 valence electrons. The van der Waals surface area contributed by atoms with Gasteiger partial charge in [-0.25, -0.2) is 0 Å². The third-order valence-electron chi connectivity index (χ3n) is 2.88. The van der Waals surface area contributed by atoms with Crippen molar-refractivity contribution in [1.82, 2.24) is 5.32 Å². The van der Waals surface area contributed by atoms with Gasteiger partial charge in [-0.15, -0.1) is 11.8 Å². The zero-order chi connectivity index (χ0) is 15.2. The standard InChI is InChI=1S/C15H17BrF3N/c1-3-5-6-7-14(20-4-2)12-9-8-11(16)10-13(12)15(17,18)19/h8-10,14,20H,4,6-7H2,1-2H3. The van der Waals surface area contributed by atoms with Gasteiger partial charge in [-0.2, -0.15) is 13.2 Å². The van der Waals surface area contributed by atoms with E-state index in [1.54, 1.807) is 13.0 Å². The third kappa shape index (κ3) is 4.84. The van der Waals surface area contributed by atoms with Gasteiger partial charge in [0.2, 0.25) is 0 Å². The molecule has 0 aliphatic rings. The van der Waals surface area contributed by atoms with Gasteiger partial charge in [-0.1, -0.05) is 28.9 Å². The average Bonchev–Trinajstić information content (AvgIpc) is 2.37. The van der Waals surface area contributed by atoms with E-state index >= 15 is 0 Å². The first-order chi connectivity index (χ1) is 9.40. The molecule has 0 saturated carbocycles. The molecule has 1 aromatic rings. The lowest BCUT2D eigenvalue weighted by atomic mass is 9.96. The van der Waals surface area contributed by atoms with Gasteiger partial charge in [-0.05, 0) is 37.6 Å². The van der Waals surface area contributed by atoms with Crippen LogP contribution in [0.3, 0.4) is 0 Å². The molecule has 0 amide bonds. The molecule has 0 radical (unpaired) electrons. The van der Waals surface area contributed by atoms with E-state index in [9.17, 15) is 13.2 Å². The summed E-state index contributed by atoms with van der Waals surface area (Å²) < 4.78 is 39.9. The lowest BCUT2D eigenvalue weighted by Gasteiger charge is -2.22. The number of hydrogen-bond acceptors (Lipinski definition) is 1. The van der Waals surface area contributed by atoms with Crippen molar-refractivity contribution < 1.29 is 13.2 Å². The van der Waals surface area contributed by atoms with E-state index in [1.165, 1.54) is 6.07 Å². The second-order valence-electron chi connectivity index (χ2n) is 4.31. The van der Waals surface area contributed by atoms with Crippen molar-refractivity contribution >= 4 is 15.9 Å². The molecule has 0 bridgehead atoms. The van der Waals surface area contributed by atoms with Gasteiger partial charge in [0.15, 0.2) is 0 Å². The van der Waals surface area contributed by atoms with E-state index in [4.69, 9.17) is 0 Å². The SMILES string of the molecule is CC#CCCC(NCC)c1ccc(Br)cc1C(F)(F)F. The van der Waals surface area contributed by atoms with Crippen LogP contribution in [-0.2, 0) is 6.18 Å². The fraction of sp³-hybridized carbons (Fsp3) is 0.467. The van der Waals surface area contributed by atoms with Gasteiger partial charge in [0.1, 0.15) is 0 Å². The highest BCUT2D eigenvalue weighted by molar-refractivity contribution is 9.10. The van der Waals surface area contributed by atoms with Crippen LogP contribution in [0.15, 0.2) is 22.7 Å². The Morgan fingerprint density at radius 2 is 2.05 bits per heavy atom. The lowest BCUT2D eigenvalue weighted by Crippen LogP contribution is -2.24. The molecular weight excluding hydrogens is 331 g/mol.